The van der Waals surface area contributed by atoms with Crippen molar-refractivity contribution < 1.29 is 4.92 Å². The van der Waals surface area contributed by atoms with Crippen LogP contribution < -0.4 is 5.32 Å². The topological polar surface area (TPSA) is 68.1 Å². The number of anilines is 1. The molecule has 1 rings (SSSR count). The van der Waals surface area contributed by atoms with Crippen LogP contribution in [0.5, 0.6) is 0 Å². The largest absolute Gasteiger partial charge is 0.367 e. The molecule has 88 valence electrons. The van der Waals surface area contributed by atoms with Crippen molar-refractivity contribution in [2.24, 2.45) is 0 Å². The van der Waals surface area contributed by atoms with Crippen molar-refractivity contribution >= 4 is 23.3 Å². The Bertz CT molecular complexity index is 360. The normalized spacial score (nSPS) is 12.1. The summed E-state index contributed by atoms with van der Waals surface area (Å²) in [7, 11) is 0. The standard InChI is InChI=1S/C10H15N3O2S/c1-8(4-6-16-2)12-10-7-9(13(14)15)3-5-11-10/h3,5,7-8H,4,6H2,1-2H3,(H,11,12). The Morgan fingerprint density at radius 1 is 1.69 bits per heavy atom. The minimum absolute atomic E-state index is 0.0644. The highest BCUT2D eigenvalue weighted by molar-refractivity contribution is 7.98. The molecule has 0 aliphatic heterocycles. The van der Waals surface area contributed by atoms with E-state index in [0.717, 1.165) is 12.2 Å². The van der Waals surface area contributed by atoms with Crippen LogP contribution in [0.4, 0.5) is 11.5 Å². The quantitative estimate of drug-likeness (QED) is 0.612. The van der Waals surface area contributed by atoms with Gasteiger partial charge in [-0.15, -0.1) is 0 Å². The van der Waals surface area contributed by atoms with Crippen LogP contribution in [0.15, 0.2) is 18.3 Å². The van der Waals surface area contributed by atoms with Crippen LogP contribution in [0.1, 0.15) is 13.3 Å². The second kappa shape index (κ2) is 6.32. The summed E-state index contributed by atoms with van der Waals surface area (Å²) in [6.07, 6.45) is 4.51. The molecule has 6 heteroatoms. The number of nitrogens with one attached hydrogen (secondary N) is 1. The minimum Gasteiger partial charge on any atom is -0.367 e. The Morgan fingerprint density at radius 3 is 3.06 bits per heavy atom. The number of nitrogens with zero attached hydrogens (tertiary/aromatic N) is 2. The third kappa shape index (κ3) is 4.06. The predicted octanol–water partition coefficient (Wildman–Crippen LogP) is 2.54. The molecular weight excluding hydrogens is 226 g/mol. The first-order valence-corrected chi connectivity index (χ1v) is 6.38. The number of hydrogen-bond acceptors (Lipinski definition) is 5. The Balaban J connectivity index is 2.59. The van der Waals surface area contributed by atoms with Gasteiger partial charge in [-0.05, 0) is 25.4 Å². The molecule has 0 spiro atoms. The van der Waals surface area contributed by atoms with E-state index in [9.17, 15) is 10.1 Å². The van der Waals surface area contributed by atoms with Crippen LogP contribution in [0.2, 0.25) is 0 Å². The second-order valence-corrected chi connectivity index (χ2v) is 4.47. The SMILES string of the molecule is CSCCC(C)Nc1cc([N+](=O)[O-])ccn1. The maximum atomic E-state index is 10.6. The van der Waals surface area contributed by atoms with Crippen molar-refractivity contribution in [3.8, 4) is 0 Å². The zero-order valence-corrected chi connectivity index (χ0v) is 10.2. The van der Waals surface area contributed by atoms with Gasteiger partial charge in [0, 0.05) is 18.3 Å². The fourth-order valence-corrected chi connectivity index (χ4v) is 1.82. The molecule has 1 unspecified atom stereocenters. The molecule has 0 aliphatic rings. The monoisotopic (exact) mass is 241 g/mol. The van der Waals surface area contributed by atoms with Gasteiger partial charge < -0.3 is 5.32 Å². The first-order valence-electron chi connectivity index (χ1n) is 4.99. The summed E-state index contributed by atoms with van der Waals surface area (Å²) in [6.45, 7) is 2.04. The summed E-state index contributed by atoms with van der Waals surface area (Å²) in [5.41, 5.74) is 0.0644. The number of thioether (sulfide) groups is 1. The van der Waals surface area contributed by atoms with Gasteiger partial charge in [0.15, 0.2) is 0 Å². The van der Waals surface area contributed by atoms with E-state index in [1.165, 1.54) is 18.3 Å². The van der Waals surface area contributed by atoms with E-state index in [0.29, 0.717) is 5.82 Å². The number of rotatable bonds is 6. The third-order valence-electron chi connectivity index (χ3n) is 2.10. The fraction of sp³-hybridized carbons (Fsp3) is 0.500. The predicted molar refractivity (Wildman–Crippen MR) is 67.0 cm³/mol. The lowest BCUT2D eigenvalue weighted by Gasteiger charge is -2.13. The van der Waals surface area contributed by atoms with Gasteiger partial charge in [0.25, 0.3) is 5.69 Å². The van der Waals surface area contributed by atoms with Gasteiger partial charge in [-0.3, -0.25) is 10.1 Å². The number of pyridine rings is 1. The van der Waals surface area contributed by atoms with Crippen LogP contribution in [0.3, 0.4) is 0 Å². The molecule has 0 aromatic carbocycles. The zero-order valence-electron chi connectivity index (χ0n) is 9.34. The average molecular weight is 241 g/mol. The molecule has 1 aromatic heterocycles. The minimum atomic E-state index is -0.417. The molecule has 0 fully saturated rings. The molecule has 1 atom stereocenters. The second-order valence-electron chi connectivity index (χ2n) is 3.48. The van der Waals surface area contributed by atoms with Crippen molar-refractivity contribution in [3.05, 3.63) is 28.4 Å². The van der Waals surface area contributed by atoms with Crippen LogP contribution in [0, 0.1) is 10.1 Å². The van der Waals surface area contributed by atoms with E-state index >= 15 is 0 Å². The maximum Gasteiger partial charge on any atom is 0.274 e. The zero-order chi connectivity index (χ0) is 12.0. The maximum absolute atomic E-state index is 10.6. The van der Waals surface area contributed by atoms with Gasteiger partial charge in [-0.2, -0.15) is 11.8 Å². The Hall–Kier alpha value is -1.30. The van der Waals surface area contributed by atoms with E-state index in [2.05, 4.69) is 16.6 Å². The van der Waals surface area contributed by atoms with Gasteiger partial charge in [0.2, 0.25) is 0 Å². The van der Waals surface area contributed by atoms with E-state index in [4.69, 9.17) is 0 Å². The number of nitro groups is 1. The third-order valence-corrected chi connectivity index (χ3v) is 2.75. The molecule has 0 radical (unpaired) electrons. The molecule has 5 nitrogen and oxygen atoms in total. The van der Waals surface area contributed by atoms with Gasteiger partial charge in [0.05, 0.1) is 11.0 Å². The Labute approximate surface area is 98.8 Å². The summed E-state index contributed by atoms with van der Waals surface area (Å²) in [6, 6.07) is 3.11. The van der Waals surface area contributed by atoms with Crippen molar-refractivity contribution in [3.63, 3.8) is 0 Å². The van der Waals surface area contributed by atoms with E-state index in [-0.39, 0.29) is 11.7 Å². The fourth-order valence-electron chi connectivity index (χ4n) is 1.23. The van der Waals surface area contributed by atoms with Crippen LogP contribution in [-0.4, -0.2) is 28.0 Å². The van der Waals surface area contributed by atoms with Crippen molar-refractivity contribution in [2.45, 2.75) is 19.4 Å². The van der Waals surface area contributed by atoms with Crippen LogP contribution in [-0.2, 0) is 0 Å². The molecule has 1 aromatic rings. The lowest BCUT2D eigenvalue weighted by atomic mass is 10.2. The average Bonchev–Trinajstić information content (AvgIpc) is 2.26. The summed E-state index contributed by atoms with van der Waals surface area (Å²) in [4.78, 5) is 14.2. The van der Waals surface area contributed by atoms with Crippen molar-refractivity contribution in [1.29, 1.82) is 0 Å². The van der Waals surface area contributed by atoms with Gasteiger partial charge >= 0.3 is 0 Å². The van der Waals surface area contributed by atoms with Gasteiger partial charge in [0.1, 0.15) is 5.82 Å². The summed E-state index contributed by atoms with van der Waals surface area (Å²) in [5, 5.41) is 13.7. The Kier molecular flexibility index (Phi) is 5.04. The number of hydrogen-bond donors (Lipinski definition) is 1. The van der Waals surface area contributed by atoms with Crippen LogP contribution in [0.25, 0.3) is 0 Å². The van der Waals surface area contributed by atoms with E-state index in [1.807, 2.05) is 6.92 Å². The van der Waals surface area contributed by atoms with E-state index < -0.39 is 4.92 Å². The van der Waals surface area contributed by atoms with Gasteiger partial charge in [-0.1, -0.05) is 0 Å². The molecule has 0 aliphatic carbocycles. The van der Waals surface area contributed by atoms with Crippen molar-refractivity contribution in [1.82, 2.24) is 4.98 Å². The van der Waals surface area contributed by atoms with Gasteiger partial charge in [-0.25, -0.2) is 4.98 Å². The lowest BCUT2D eigenvalue weighted by molar-refractivity contribution is -0.384. The van der Waals surface area contributed by atoms with Crippen molar-refractivity contribution in [2.75, 3.05) is 17.3 Å². The first-order chi connectivity index (χ1) is 7.63. The summed E-state index contributed by atoms with van der Waals surface area (Å²) < 4.78 is 0. The molecule has 0 bridgehead atoms. The molecule has 1 N–H and O–H groups in total. The highest BCUT2D eigenvalue weighted by Crippen LogP contribution is 2.15. The molecular formula is C10H15N3O2S. The molecule has 1 heterocycles. The van der Waals surface area contributed by atoms with E-state index in [1.54, 1.807) is 11.8 Å². The summed E-state index contributed by atoms with van der Waals surface area (Å²) >= 11 is 1.78. The highest BCUT2D eigenvalue weighted by atomic mass is 32.2. The van der Waals surface area contributed by atoms with Crippen LogP contribution >= 0.6 is 11.8 Å². The highest BCUT2D eigenvalue weighted by Gasteiger charge is 2.08. The first kappa shape index (κ1) is 12.8. The molecule has 0 saturated carbocycles. The molecule has 16 heavy (non-hydrogen) atoms. The number of aromatic nitrogens is 1. The lowest BCUT2D eigenvalue weighted by Crippen LogP contribution is -2.16. The molecule has 0 amide bonds. The molecule has 0 saturated heterocycles. The Morgan fingerprint density at radius 2 is 2.44 bits per heavy atom. The summed E-state index contributed by atoms with van der Waals surface area (Å²) in [5.74, 6) is 1.62. The smallest absolute Gasteiger partial charge is 0.274 e.